The van der Waals surface area contributed by atoms with Crippen LogP contribution in [0.25, 0.3) is 0 Å². The molecule has 11 heteroatoms. The summed E-state index contributed by atoms with van der Waals surface area (Å²) in [6.07, 6.45) is 2.25. The predicted molar refractivity (Wildman–Crippen MR) is 114 cm³/mol. The Balaban J connectivity index is 2.85. The normalized spacial score (nSPS) is 20.4. The smallest absolute Gasteiger partial charge is 0.328 e. The van der Waals surface area contributed by atoms with E-state index in [1.165, 1.54) is 11.8 Å². The molecule has 1 aliphatic heterocycles. The van der Waals surface area contributed by atoms with Crippen molar-refractivity contribution in [2.24, 2.45) is 11.7 Å². The van der Waals surface area contributed by atoms with E-state index in [2.05, 4.69) is 10.6 Å². The monoisotopic (exact) mass is 446 g/mol. The second kappa shape index (κ2) is 12.1. The van der Waals surface area contributed by atoms with E-state index in [0.29, 0.717) is 25.8 Å². The number of aliphatic hydroxyl groups excluding tert-OH is 1. The van der Waals surface area contributed by atoms with Crippen LogP contribution in [0.2, 0.25) is 0 Å². The molecule has 172 valence electrons. The highest BCUT2D eigenvalue weighted by molar-refractivity contribution is 7.98. The summed E-state index contributed by atoms with van der Waals surface area (Å²) in [4.78, 5) is 50.8. The first-order valence-electron chi connectivity index (χ1n) is 10.1. The van der Waals surface area contributed by atoms with Gasteiger partial charge in [-0.3, -0.25) is 14.4 Å². The first kappa shape index (κ1) is 26.2. The Hall–Kier alpha value is -1.85. The maximum Gasteiger partial charge on any atom is 0.328 e. The minimum atomic E-state index is -1.49. The Labute approximate surface area is 181 Å². The van der Waals surface area contributed by atoms with Crippen molar-refractivity contribution < 1.29 is 29.4 Å². The van der Waals surface area contributed by atoms with Crippen molar-refractivity contribution in [2.45, 2.75) is 70.3 Å². The van der Waals surface area contributed by atoms with E-state index in [4.69, 9.17) is 10.8 Å². The zero-order valence-electron chi connectivity index (χ0n) is 18.0. The minimum absolute atomic E-state index is 0.285. The molecule has 6 N–H and O–H groups in total. The maximum atomic E-state index is 12.9. The summed E-state index contributed by atoms with van der Waals surface area (Å²) in [7, 11) is 0. The van der Waals surface area contributed by atoms with Crippen molar-refractivity contribution in [2.75, 3.05) is 18.6 Å². The summed E-state index contributed by atoms with van der Waals surface area (Å²) in [5.41, 5.74) is 5.98. The molecule has 1 heterocycles. The van der Waals surface area contributed by atoms with Gasteiger partial charge in [0.05, 0.1) is 12.1 Å². The van der Waals surface area contributed by atoms with E-state index >= 15 is 0 Å². The molecule has 1 fully saturated rings. The third-order valence-electron chi connectivity index (χ3n) is 5.08. The minimum Gasteiger partial charge on any atom is -0.480 e. The molecule has 1 rings (SSSR count). The van der Waals surface area contributed by atoms with Crippen molar-refractivity contribution in [1.82, 2.24) is 15.5 Å². The number of nitrogens with one attached hydrogen (secondary N) is 2. The van der Waals surface area contributed by atoms with Gasteiger partial charge < -0.3 is 31.5 Å². The molecule has 5 atom stereocenters. The van der Waals surface area contributed by atoms with E-state index in [0.717, 1.165) is 5.75 Å². The van der Waals surface area contributed by atoms with E-state index in [-0.39, 0.29) is 11.8 Å². The highest BCUT2D eigenvalue weighted by atomic mass is 32.2. The number of amides is 3. The fourth-order valence-electron chi connectivity index (χ4n) is 3.30. The summed E-state index contributed by atoms with van der Waals surface area (Å²) in [5, 5.41) is 23.6. The SMILES string of the molecule is CSCCC(N)C(=O)N1CCCC1C(=O)NC(C(=O)NC(C(=O)O)C(C)O)C(C)C. The number of hydrogen-bond donors (Lipinski definition) is 5. The van der Waals surface area contributed by atoms with Crippen molar-refractivity contribution in [3.63, 3.8) is 0 Å². The van der Waals surface area contributed by atoms with Crippen LogP contribution in [0, 0.1) is 5.92 Å². The second-order valence-electron chi connectivity index (χ2n) is 7.87. The first-order chi connectivity index (χ1) is 14.0. The van der Waals surface area contributed by atoms with Gasteiger partial charge in [0.2, 0.25) is 17.7 Å². The molecule has 0 aromatic rings. The lowest BCUT2D eigenvalue weighted by Gasteiger charge is -2.30. The molecule has 30 heavy (non-hydrogen) atoms. The van der Waals surface area contributed by atoms with Crippen molar-refractivity contribution in [3.8, 4) is 0 Å². The number of nitrogens with two attached hydrogens (primary N) is 1. The number of carbonyl (C=O) groups is 4. The number of hydrogen-bond acceptors (Lipinski definition) is 7. The summed E-state index contributed by atoms with van der Waals surface area (Å²) in [5.74, 6) is -2.45. The van der Waals surface area contributed by atoms with Gasteiger partial charge in [0.25, 0.3) is 0 Å². The Kier molecular flexibility index (Phi) is 10.6. The van der Waals surface area contributed by atoms with Gasteiger partial charge in [-0.1, -0.05) is 13.8 Å². The van der Waals surface area contributed by atoms with Gasteiger partial charge in [-0.25, -0.2) is 4.79 Å². The Morgan fingerprint density at radius 1 is 1.17 bits per heavy atom. The summed E-state index contributed by atoms with van der Waals surface area (Å²) in [6, 6.07) is -3.91. The van der Waals surface area contributed by atoms with Gasteiger partial charge in [0.15, 0.2) is 6.04 Å². The molecule has 0 radical (unpaired) electrons. The van der Waals surface area contributed by atoms with E-state index in [9.17, 15) is 24.3 Å². The van der Waals surface area contributed by atoms with Crippen LogP contribution >= 0.6 is 11.8 Å². The van der Waals surface area contributed by atoms with E-state index < -0.39 is 48.1 Å². The molecular weight excluding hydrogens is 412 g/mol. The van der Waals surface area contributed by atoms with Crippen LogP contribution < -0.4 is 16.4 Å². The summed E-state index contributed by atoms with van der Waals surface area (Å²) in [6.45, 7) is 5.09. The number of carbonyl (C=O) groups excluding carboxylic acids is 3. The van der Waals surface area contributed by atoms with Crippen LogP contribution in [0.1, 0.15) is 40.0 Å². The van der Waals surface area contributed by atoms with Gasteiger partial charge >= 0.3 is 5.97 Å². The molecule has 0 aliphatic carbocycles. The molecule has 0 aromatic heterocycles. The molecule has 1 saturated heterocycles. The number of rotatable bonds is 11. The van der Waals surface area contributed by atoms with Gasteiger partial charge in [0, 0.05) is 6.54 Å². The number of thioether (sulfide) groups is 1. The summed E-state index contributed by atoms with van der Waals surface area (Å²) >= 11 is 1.59. The van der Waals surface area contributed by atoms with E-state index in [1.54, 1.807) is 25.6 Å². The Morgan fingerprint density at radius 2 is 1.80 bits per heavy atom. The lowest BCUT2D eigenvalue weighted by atomic mass is 10.0. The van der Waals surface area contributed by atoms with Crippen LogP contribution in [0.3, 0.4) is 0 Å². The van der Waals surface area contributed by atoms with Crippen LogP contribution in [0.4, 0.5) is 0 Å². The molecule has 0 aromatic carbocycles. The van der Waals surface area contributed by atoms with Crippen LogP contribution in [-0.2, 0) is 19.2 Å². The average molecular weight is 447 g/mol. The van der Waals surface area contributed by atoms with Gasteiger partial charge in [0.1, 0.15) is 12.1 Å². The van der Waals surface area contributed by atoms with Crippen molar-refractivity contribution in [3.05, 3.63) is 0 Å². The number of aliphatic carboxylic acids is 1. The predicted octanol–water partition coefficient (Wildman–Crippen LogP) is -0.851. The molecule has 0 spiro atoms. The van der Waals surface area contributed by atoms with Gasteiger partial charge in [-0.05, 0) is 44.1 Å². The van der Waals surface area contributed by atoms with E-state index in [1.807, 2.05) is 6.26 Å². The fourth-order valence-corrected chi connectivity index (χ4v) is 3.79. The molecule has 3 amide bonds. The molecule has 1 aliphatic rings. The highest BCUT2D eigenvalue weighted by Gasteiger charge is 2.38. The second-order valence-corrected chi connectivity index (χ2v) is 8.86. The number of likely N-dealkylation sites (tertiary alicyclic amines) is 1. The van der Waals surface area contributed by atoms with Gasteiger partial charge in [-0.2, -0.15) is 11.8 Å². The Morgan fingerprint density at radius 3 is 2.30 bits per heavy atom. The number of aliphatic hydroxyl groups is 1. The molecule has 0 bridgehead atoms. The quantitative estimate of drug-likeness (QED) is 0.274. The van der Waals surface area contributed by atoms with Crippen molar-refractivity contribution in [1.29, 1.82) is 0 Å². The largest absolute Gasteiger partial charge is 0.480 e. The van der Waals surface area contributed by atoms with Gasteiger partial charge in [-0.15, -0.1) is 0 Å². The topological polar surface area (TPSA) is 162 Å². The van der Waals surface area contributed by atoms with Crippen LogP contribution in [-0.4, -0.2) is 87.6 Å². The zero-order chi connectivity index (χ0) is 23.0. The Bertz CT molecular complexity index is 630. The first-order valence-corrected chi connectivity index (χ1v) is 11.5. The van der Waals surface area contributed by atoms with Crippen LogP contribution in [0.15, 0.2) is 0 Å². The lowest BCUT2D eigenvalue weighted by Crippen LogP contribution is -2.59. The number of nitrogens with zero attached hydrogens (tertiary/aromatic N) is 1. The zero-order valence-corrected chi connectivity index (χ0v) is 18.8. The fraction of sp³-hybridized carbons (Fsp3) is 0.789. The third-order valence-corrected chi connectivity index (χ3v) is 5.73. The number of carboxylic acids is 1. The highest BCUT2D eigenvalue weighted by Crippen LogP contribution is 2.20. The average Bonchev–Trinajstić information content (AvgIpc) is 3.16. The third kappa shape index (κ3) is 7.13. The maximum absolute atomic E-state index is 12.9. The number of carboxylic acid groups (broad SMARTS) is 1. The standard InChI is InChI=1S/C19H34N4O6S/c1-10(2)14(17(26)22-15(11(3)24)19(28)29)21-16(25)13-6-5-8-23(13)18(27)12(20)7-9-30-4/h10-15,24H,5-9,20H2,1-4H3,(H,21,25)(H,22,26)(H,28,29). The molecular formula is C19H34N4O6S. The summed E-state index contributed by atoms with van der Waals surface area (Å²) < 4.78 is 0. The molecule has 0 saturated carbocycles. The van der Waals surface area contributed by atoms with Crippen LogP contribution in [0.5, 0.6) is 0 Å². The lowest BCUT2D eigenvalue weighted by molar-refractivity contribution is -0.146. The molecule has 5 unspecified atom stereocenters. The molecule has 10 nitrogen and oxygen atoms in total. The van der Waals surface area contributed by atoms with Crippen molar-refractivity contribution >= 4 is 35.5 Å².